The molecule has 0 aromatic carbocycles. The second-order valence-electron chi connectivity index (χ2n) is 9.13. The summed E-state index contributed by atoms with van der Waals surface area (Å²) in [6.07, 6.45) is 26.6. The molecule has 0 bridgehead atoms. The molecule has 0 radical (unpaired) electrons. The van der Waals surface area contributed by atoms with E-state index in [0.717, 1.165) is 13.1 Å². The fraction of sp³-hybridized carbons (Fsp3) is 0.655. The third-order valence-corrected chi connectivity index (χ3v) is 8.28. The van der Waals surface area contributed by atoms with Crippen molar-refractivity contribution in [2.75, 3.05) is 11.5 Å². The zero-order chi connectivity index (χ0) is 23.4. The predicted molar refractivity (Wildman–Crippen MR) is 146 cm³/mol. The zero-order valence-electron chi connectivity index (χ0n) is 22.1. The van der Waals surface area contributed by atoms with Crippen molar-refractivity contribution in [2.45, 2.75) is 120 Å². The highest BCUT2D eigenvalue weighted by atomic mass is 127. The lowest BCUT2D eigenvalue weighted by atomic mass is 10.1. The Kier molecular flexibility index (Phi) is 25.1. The van der Waals surface area contributed by atoms with Gasteiger partial charge in [-0.25, -0.2) is 9.13 Å². The minimum absolute atomic E-state index is 0. The number of nitrogens with zero attached hydrogens (tertiary/aromatic N) is 2. The highest BCUT2D eigenvalue weighted by molar-refractivity contribution is 8.00. The molecule has 2 nitrogen and oxygen atoms in total. The van der Waals surface area contributed by atoms with Crippen LogP contribution in [-0.2, 0) is 13.1 Å². The van der Waals surface area contributed by atoms with Crippen LogP contribution in [0.1, 0.15) is 97.3 Å². The van der Waals surface area contributed by atoms with Gasteiger partial charge in [-0.2, -0.15) is 0 Å². The van der Waals surface area contributed by atoms with Crippen LogP contribution in [0.2, 0.25) is 0 Å². The van der Waals surface area contributed by atoms with Crippen molar-refractivity contribution in [3.8, 4) is 0 Å². The lowest BCUT2D eigenvalue weighted by Crippen LogP contribution is -3.00. The van der Waals surface area contributed by atoms with Crippen molar-refractivity contribution < 1.29 is 57.1 Å². The predicted octanol–water partition coefficient (Wildman–Crippen LogP) is 2.27. The van der Waals surface area contributed by atoms with Crippen molar-refractivity contribution in [2.24, 2.45) is 0 Å². The van der Waals surface area contributed by atoms with Crippen LogP contribution in [-0.4, -0.2) is 11.5 Å². The molecule has 0 fully saturated rings. The van der Waals surface area contributed by atoms with Gasteiger partial charge >= 0.3 is 0 Å². The minimum Gasteiger partial charge on any atom is -1.00 e. The summed E-state index contributed by atoms with van der Waals surface area (Å²) < 4.78 is 4.68. The molecule has 0 spiro atoms. The summed E-state index contributed by atoms with van der Waals surface area (Å²) in [6.45, 7) is 6.88. The highest BCUT2D eigenvalue weighted by Crippen LogP contribution is 2.21. The topological polar surface area (TPSA) is 7.76 Å². The van der Waals surface area contributed by atoms with Gasteiger partial charge in [0.15, 0.2) is 24.8 Å². The Morgan fingerprint density at radius 2 is 0.829 bits per heavy atom. The molecule has 0 N–H and O–H groups in total. The number of hydrogen-bond acceptors (Lipinski definition) is 2. The van der Waals surface area contributed by atoms with Crippen molar-refractivity contribution >= 4 is 23.5 Å². The van der Waals surface area contributed by atoms with Crippen molar-refractivity contribution in [1.29, 1.82) is 0 Å². The van der Waals surface area contributed by atoms with Crippen molar-refractivity contribution in [3.63, 3.8) is 0 Å². The fourth-order valence-electron chi connectivity index (χ4n) is 3.97. The SMILES string of the molecule is CCCCCCCC[n+]1ccc(SCCCSc2cc[n+](CCCCCCCC)cc2)cc1.[I-].[I-]. The van der Waals surface area contributed by atoms with Gasteiger partial charge in [0.1, 0.15) is 13.1 Å². The largest absolute Gasteiger partial charge is 1.00 e. The number of hydrogen-bond donors (Lipinski definition) is 0. The molecule has 0 amide bonds. The van der Waals surface area contributed by atoms with Gasteiger partial charge in [0.05, 0.1) is 0 Å². The number of aryl methyl sites for hydroxylation is 2. The third-order valence-electron chi connectivity index (χ3n) is 6.09. The van der Waals surface area contributed by atoms with Crippen LogP contribution in [0.25, 0.3) is 0 Å². The molecule has 35 heavy (non-hydrogen) atoms. The standard InChI is InChI=1S/C29H48N2S2.2HI/c1-3-5-7-9-11-13-20-30-22-16-28(17-23-30)32-26-15-27-33-29-18-24-31(25-19-29)21-14-12-10-8-6-4-2;;/h16-19,22-25H,3-15,20-21,26-27H2,1-2H3;2*1H/q+2;;/p-2. The van der Waals surface area contributed by atoms with Crippen LogP contribution >= 0.6 is 23.5 Å². The Morgan fingerprint density at radius 3 is 1.20 bits per heavy atom. The molecule has 200 valence electrons. The molecule has 2 heterocycles. The van der Waals surface area contributed by atoms with Gasteiger partial charge in [0.25, 0.3) is 0 Å². The first kappa shape index (κ1) is 35.5. The summed E-state index contributed by atoms with van der Waals surface area (Å²) in [5, 5.41) is 0. The van der Waals surface area contributed by atoms with E-state index >= 15 is 0 Å². The van der Waals surface area contributed by atoms with Crippen LogP contribution < -0.4 is 57.1 Å². The molecule has 0 saturated carbocycles. The molecule has 6 heteroatoms. The van der Waals surface area contributed by atoms with Gasteiger partial charge in [-0.15, -0.1) is 23.5 Å². The second-order valence-corrected chi connectivity index (χ2v) is 11.5. The van der Waals surface area contributed by atoms with Crippen LogP contribution in [0.15, 0.2) is 58.8 Å². The van der Waals surface area contributed by atoms with E-state index in [1.807, 2.05) is 23.5 Å². The van der Waals surface area contributed by atoms with E-state index in [4.69, 9.17) is 0 Å². The van der Waals surface area contributed by atoms with E-state index in [0.29, 0.717) is 0 Å². The van der Waals surface area contributed by atoms with E-state index in [2.05, 4.69) is 72.0 Å². The molecular formula is C29H48I2N2S2. The number of pyridine rings is 2. The number of unbranched alkanes of at least 4 members (excludes halogenated alkanes) is 10. The summed E-state index contributed by atoms with van der Waals surface area (Å²) in [7, 11) is 0. The third kappa shape index (κ3) is 18.4. The lowest BCUT2D eigenvalue weighted by molar-refractivity contribution is -0.697. The molecule has 0 aliphatic heterocycles. The summed E-state index contributed by atoms with van der Waals surface area (Å²) in [5.41, 5.74) is 0. The number of thioether (sulfide) groups is 2. The first-order chi connectivity index (χ1) is 16.3. The average Bonchev–Trinajstić information content (AvgIpc) is 2.85. The molecule has 2 rings (SSSR count). The molecular weight excluding hydrogens is 694 g/mol. The first-order valence-electron chi connectivity index (χ1n) is 13.6. The van der Waals surface area contributed by atoms with Crippen LogP contribution in [0.5, 0.6) is 0 Å². The second kappa shape index (κ2) is 24.8. The van der Waals surface area contributed by atoms with Gasteiger partial charge in [-0.3, -0.25) is 0 Å². The molecule has 0 aliphatic carbocycles. The summed E-state index contributed by atoms with van der Waals surface area (Å²) in [6, 6.07) is 9.15. The van der Waals surface area contributed by atoms with Gasteiger partial charge in [-0.05, 0) is 30.8 Å². The Hall–Kier alpha value is 0.460. The van der Waals surface area contributed by atoms with Gasteiger partial charge in [-0.1, -0.05) is 65.2 Å². The van der Waals surface area contributed by atoms with Gasteiger partial charge in [0, 0.05) is 46.9 Å². The Balaban J connectivity index is 0.00000578. The van der Waals surface area contributed by atoms with Gasteiger partial charge < -0.3 is 48.0 Å². The van der Waals surface area contributed by atoms with E-state index in [-0.39, 0.29) is 48.0 Å². The van der Waals surface area contributed by atoms with E-state index in [9.17, 15) is 0 Å². The maximum atomic E-state index is 2.34. The van der Waals surface area contributed by atoms with E-state index < -0.39 is 0 Å². The number of halogens is 2. The Bertz CT molecular complexity index is 650. The molecule has 0 atom stereocenters. The Labute approximate surface area is 259 Å². The molecule has 0 aliphatic rings. The quantitative estimate of drug-likeness (QED) is 0.0892. The molecule has 0 unspecified atom stereocenters. The molecule has 0 saturated heterocycles. The van der Waals surface area contributed by atoms with E-state index in [1.165, 1.54) is 105 Å². The minimum atomic E-state index is 0. The fourth-order valence-corrected chi connectivity index (χ4v) is 5.83. The van der Waals surface area contributed by atoms with Crippen LogP contribution in [0.4, 0.5) is 0 Å². The summed E-state index contributed by atoms with van der Waals surface area (Å²) >= 11 is 3.98. The van der Waals surface area contributed by atoms with Crippen LogP contribution in [0.3, 0.4) is 0 Å². The lowest BCUT2D eigenvalue weighted by Gasteiger charge is -2.03. The van der Waals surface area contributed by atoms with Gasteiger partial charge in [0.2, 0.25) is 0 Å². The first-order valence-corrected chi connectivity index (χ1v) is 15.5. The zero-order valence-corrected chi connectivity index (χ0v) is 28.1. The summed E-state index contributed by atoms with van der Waals surface area (Å²) in [5.74, 6) is 2.39. The maximum absolute atomic E-state index is 2.34. The molecule has 2 aromatic rings. The summed E-state index contributed by atoms with van der Waals surface area (Å²) in [4.78, 5) is 2.80. The average molecular weight is 743 g/mol. The monoisotopic (exact) mass is 742 g/mol. The van der Waals surface area contributed by atoms with Crippen molar-refractivity contribution in [3.05, 3.63) is 49.1 Å². The Morgan fingerprint density at radius 1 is 0.486 bits per heavy atom. The maximum Gasteiger partial charge on any atom is 0.169 e. The highest BCUT2D eigenvalue weighted by Gasteiger charge is 2.04. The normalized spacial score (nSPS) is 10.6. The number of aromatic nitrogens is 2. The van der Waals surface area contributed by atoms with Crippen molar-refractivity contribution in [1.82, 2.24) is 0 Å². The van der Waals surface area contributed by atoms with E-state index in [1.54, 1.807) is 0 Å². The van der Waals surface area contributed by atoms with Crippen LogP contribution in [0, 0.1) is 0 Å². The number of rotatable bonds is 20. The molecule has 2 aromatic heterocycles. The smallest absolute Gasteiger partial charge is 0.169 e.